The molecule has 2 aromatic carbocycles. The van der Waals surface area contributed by atoms with Gasteiger partial charge in [0.25, 0.3) is 5.91 Å². The van der Waals surface area contributed by atoms with Gasteiger partial charge in [-0.15, -0.1) is 0 Å². The Balaban J connectivity index is 1.39. The standard InChI is InChI=1S/C22H20N4O3/c1-22(17-11-10-14-8-5-9-16(14)12-17)20(27)26(21(28)24-22)13-18-23-19(25-29-18)15-6-3-2-4-7-15/h2-4,6-7,10-12H,5,8-9,13H2,1H3,(H,24,28)/t22-/m1/s1. The number of hydrogen-bond acceptors (Lipinski definition) is 5. The third-order valence-corrected chi connectivity index (χ3v) is 5.74. The topological polar surface area (TPSA) is 88.3 Å². The van der Waals surface area contributed by atoms with Crippen LogP contribution >= 0.6 is 0 Å². The Kier molecular flexibility index (Phi) is 3.97. The number of nitrogens with zero attached hydrogens (tertiary/aromatic N) is 3. The molecular formula is C22H20N4O3. The lowest BCUT2D eigenvalue weighted by Gasteiger charge is -2.22. The zero-order chi connectivity index (χ0) is 20.0. The molecule has 0 bridgehead atoms. The summed E-state index contributed by atoms with van der Waals surface area (Å²) in [6.07, 6.45) is 3.21. The molecule has 146 valence electrons. The van der Waals surface area contributed by atoms with Gasteiger partial charge >= 0.3 is 6.03 Å². The average molecular weight is 388 g/mol. The van der Waals surface area contributed by atoms with Crippen LogP contribution in [-0.2, 0) is 29.7 Å². The first-order valence-corrected chi connectivity index (χ1v) is 9.69. The highest BCUT2D eigenvalue weighted by atomic mass is 16.5. The van der Waals surface area contributed by atoms with Gasteiger partial charge in [0.05, 0.1) is 0 Å². The number of amides is 3. The van der Waals surface area contributed by atoms with Gasteiger partial charge in [0, 0.05) is 5.56 Å². The van der Waals surface area contributed by atoms with Gasteiger partial charge in [0.2, 0.25) is 11.7 Å². The highest BCUT2D eigenvalue weighted by Crippen LogP contribution is 2.33. The lowest BCUT2D eigenvalue weighted by Crippen LogP contribution is -2.41. The van der Waals surface area contributed by atoms with E-state index in [1.165, 1.54) is 11.1 Å². The zero-order valence-electron chi connectivity index (χ0n) is 16.0. The Labute approximate surface area is 167 Å². The Bertz CT molecular complexity index is 1110. The number of aromatic nitrogens is 2. The van der Waals surface area contributed by atoms with Crippen molar-refractivity contribution in [1.29, 1.82) is 0 Å². The number of benzene rings is 2. The predicted molar refractivity (Wildman–Crippen MR) is 105 cm³/mol. The number of carbonyl (C=O) groups excluding carboxylic acids is 2. The first-order chi connectivity index (χ1) is 14.0. The normalized spacial score (nSPS) is 20.8. The second kappa shape index (κ2) is 6.55. The first-order valence-electron chi connectivity index (χ1n) is 9.69. The Morgan fingerprint density at radius 1 is 1.10 bits per heavy atom. The summed E-state index contributed by atoms with van der Waals surface area (Å²) in [6.45, 7) is 1.68. The van der Waals surface area contributed by atoms with Crippen molar-refractivity contribution < 1.29 is 14.1 Å². The van der Waals surface area contributed by atoms with E-state index < -0.39 is 11.6 Å². The number of fused-ring (bicyclic) bond motifs is 1. The van der Waals surface area contributed by atoms with Gasteiger partial charge in [-0.3, -0.25) is 9.69 Å². The predicted octanol–water partition coefficient (Wildman–Crippen LogP) is 3.19. The summed E-state index contributed by atoms with van der Waals surface area (Å²) >= 11 is 0. The molecule has 1 aliphatic heterocycles. The van der Waals surface area contributed by atoms with Gasteiger partial charge < -0.3 is 9.84 Å². The molecule has 1 atom stereocenters. The van der Waals surface area contributed by atoms with Crippen molar-refractivity contribution in [2.24, 2.45) is 0 Å². The zero-order valence-corrected chi connectivity index (χ0v) is 16.0. The van der Waals surface area contributed by atoms with Crippen molar-refractivity contribution in [3.05, 3.63) is 71.1 Å². The van der Waals surface area contributed by atoms with Crippen molar-refractivity contribution in [1.82, 2.24) is 20.4 Å². The molecule has 0 spiro atoms. The third-order valence-electron chi connectivity index (χ3n) is 5.74. The van der Waals surface area contributed by atoms with E-state index >= 15 is 0 Å². The van der Waals surface area contributed by atoms with Gasteiger partial charge in [-0.25, -0.2) is 4.79 Å². The van der Waals surface area contributed by atoms with E-state index in [0.717, 1.165) is 35.3 Å². The van der Waals surface area contributed by atoms with Crippen molar-refractivity contribution in [2.75, 3.05) is 0 Å². The highest BCUT2D eigenvalue weighted by Gasteiger charge is 2.49. The number of carbonyl (C=O) groups is 2. The maximum Gasteiger partial charge on any atom is 0.325 e. The maximum absolute atomic E-state index is 13.2. The van der Waals surface area contributed by atoms with Crippen molar-refractivity contribution in [3.8, 4) is 11.4 Å². The molecule has 7 nitrogen and oxygen atoms in total. The van der Waals surface area contributed by atoms with Gasteiger partial charge in [0.1, 0.15) is 12.1 Å². The molecule has 2 aliphatic rings. The monoisotopic (exact) mass is 388 g/mol. The van der Waals surface area contributed by atoms with E-state index in [4.69, 9.17) is 4.52 Å². The van der Waals surface area contributed by atoms with Crippen LogP contribution in [0.25, 0.3) is 11.4 Å². The van der Waals surface area contributed by atoms with Gasteiger partial charge in [-0.2, -0.15) is 4.98 Å². The van der Waals surface area contributed by atoms with E-state index in [1.807, 2.05) is 42.5 Å². The highest BCUT2D eigenvalue weighted by molar-refractivity contribution is 6.07. The van der Waals surface area contributed by atoms with Crippen LogP contribution in [0.5, 0.6) is 0 Å². The van der Waals surface area contributed by atoms with Crippen LogP contribution in [0, 0.1) is 0 Å². The van der Waals surface area contributed by atoms with E-state index in [2.05, 4.69) is 21.5 Å². The molecule has 0 saturated carbocycles. The fourth-order valence-electron chi connectivity index (χ4n) is 4.08. The molecule has 0 unspecified atom stereocenters. The van der Waals surface area contributed by atoms with E-state index in [-0.39, 0.29) is 18.3 Å². The number of hydrogen-bond donors (Lipinski definition) is 1. The summed E-state index contributed by atoms with van der Waals surface area (Å²) in [5, 5.41) is 6.80. The number of aryl methyl sites for hydroxylation is 2. The minimum absolute atomic E-state index is 0.0645. The summed E-state index contributed by atoms with van der Waals surface area (Å²) in [7, 11) is 0. The molecule has 29 heavy (non-hydrogen) atoms. The molecule has 1 N–H and O–H groups in total. The Hall–Kier alpha value is -3.48. The average Bonchev–Trinajstić information content (AvgIpc) is 3.44. The summed E-state index contributed by atoms with van der Waals surface area (Å²) < 4.78 is 5.28. The van der Waals surface area contributed by atoms with Crippen LogP contribution in [-0.4, -0.2) is 27.0 Å². The molecule has 1 aromatic heterocycles. The molecular weight excluding hydrogens is 368 g/mol. The largest absolute Gasteiger partial charge is 0.337 e. The van der Waals surface area contributed by atoms with Crippen molar-refractivity contribution in [2.45, 2.75) is 38.3 Å². The molecule has 2 heterocycles. The smallest absolute Gasteiger partial charge is 0.325 e. The Morgan fingerprint density at radius 3 is 2.72 bits per heavy atom. The summed E-state index contributed by atoms with van der Waals surface area (Å²) in [4.78, 5) is 31.2. The van der Waals surface area contributed by atoms with Gasteiger partial charge in [-0.05, 0) is 42.9 Å². The SMILES string of the molecule is C[C@]1(c2ccc3c(c2)CCC3)NC(=O)N(Cc2nc(-c3ccccc3)no2)C1=O. The Morgan fingerprint density at radius 2 is 1.90 bits per heavy atom. The number of rotatable bonds is 4. The fraction of sp³-hybridized carbons (Fsp3) is 0.273. The lowest BCUT2D eigenvalue weighted by molar-refractivity contribution is -0.131. The second-order valence-electron chi connectivity index (χ2n) is 7.66. The van der Waals surface area contributed by atoms with E-state index in [0.29, 0.717) is 5.82 Å². The van der Waals surface area contributed by atoms with Crippen molar-refractivity contribution >= 4 is 11.9 Å². The second-order valence-corrected chi connectivity index (χ2v) is 7.66. The maximum atomic E-state index is 13.2. The van der Waals surface area contributed by atoms with E-state index in [9.17, 15) is 9.59 Å². The van der Waals surface area contributed by atoms with Crippen LogP contribution in [0.1, 0.15) is 35.9 Å². The van der Waals surface area contributed by atoms with Crippen LogP contribution in [0.2, 0.25) is 0 Å². The fourth-order valence-corrected chi connectivity index (χ4v) is 4.08. The van der Waals surface area contributed by atoms with Gasteiger partial charge in [0.15, 0.2) is 0 Å². The van der Waals surface area contributed by atoms with Gasteiger partial charge in [-0.1, -0.05) is 53.7 Å². The number of nitrogens with one attached hydrogen (secondary N) is 1. The molecule has 3 aromatic rings. The summed E-state index contributed by atoms with van der Waals surface area (Å²) in [6, 6.07) is 15.0. The number of imide groups is 1. The van der Waals surface area contributed by atoms with Crippen LogP contribution in [0.3, 0.4) is 0 Å². The number of urea groups is 1. The minimum atomic E-state index is -1.10. The van der Waals surface area contributed by atoms with Crippen molar-refractivity contribution in [3.63, 3.8) is 0 Å². The minimum Gasteiger partial charge on any atom is -0.337 e. The lowest BCUT2D eigenvalue weighted by atomic mass is 9.90. The van der Waals surface area contributed by atoms with Crippen LogP contribution in [0.15, 0.2) is 53.1 Å². The van der Waals surface area contributed by atoms with Crippen LogP contribution in [0.4, 0.5) is 4.79 Å². The molecule has 1 fully saturated rings. The molecule has 5 rings (SSSR count). The third kappa shape index (κ3) is 2.90. The molecule has 3 amide bonds. The van der Waals surface area contributed by atoms with E-state index in [1.54, 1.807) is 6.92 Å². The summed E-state index contributed by atoms with van der Waals surface area (Å²) in [5.74, 6) is 0.319. The molecule has 1 aliphatic carbocycles. The molecule has 7 heteroatoms. The molecule has 1 saturated heterocycles. The first kappa shape index (κ1) is 17.6. The summed E-state index contributed by atoms with van der Waals surface area (Å²) in [5.41, 5.74) is 3.09. The molecule has 0 radical (unpaired) electrons. The quantitative estimate of drug-likeness (QED) is 0.694. The van der Waals surface area contributed by atoms with Crippen LogP contribution < -0.4 is 5.32 Å².